The molecule has 1 aromatic carbocycles. The van der Waals surface area contributed by atoms with Crippen molar-refractivity contribution in [3.05, 3.63) is 35.1 Å². The zero-order valence-corrected chi connectivity index (χ0v) is 12.8. The summed E-state index contributed by atoms with van der Waals surface area (Å²) in [7, 11) is 0. The van der Waals surface area contributed by atoms with Crippen molar-refractivity contribution in [2.75, 3.05) is 24.7 Å². The molecule has 0 saturated carbocycles. The van der Waals surface area contributed by atoms with E-state index in [9.17, 15) is 9.18 Å². The lowest BCUT2D eigenvalue weighted by atomic mass is 10.1. The highest BCUT2D eigenvalue weighted by Crippen LogP contribution is 2.20. The monoisotopic (exact) mass is 307 g/mol. The third kappa shape index (κ3) is 3.99. The average molecular weight is 307 g/mol. The fourth-order valence-corrected chi connectivity index (χ4v) is 3.18. The zero-order valence-electron chi connectivity index (χ0n) is 11.9. The summed E-state index contributed by atoms with van der Waals surface area (Å²) in [6, 6.07) is 4.54. The topological polar surface area (TPSA) is 40.5 Å². The summed E-state index contributed by atoms with van der Waals surface area (Å²) in [6.07, 6.45) is 0.352. The van der Waals surface area contributed by atoms with E-state index in [1.54, 1.807) is 11.0 Å². The summed E-state index contributed by atoms with van der Waals surface area (Å²) in [6.45, 7) is 2.62. The van der Waals surface area contributed by atoms with Crippen molar-refractivity contribution in [3.63, 3.8) is 0 Å². The van der Waals surface area contributed by atoms with Gasteiger partial charge < -0.3 is 10.0 Å². The van der Waals surface area contributed by atoms with Gasteiger partial charge in [-0.05, 0) is 25.1 Å². The predicted octanol–water partition coefficient (Wildman–Crippen LogP) is 2.14. The van der Waals surface area contributed by atoms with Gasteiger partial charge in [0, 0.05) is 36.1 Å². The van der Waals surface area contributed by atoms with E-state index in [0.29, 0.717) is 18.5 Å². The van der Waals surface area contributed by atoms with Gasteiger partial charge >= 0.3 is 0 Å². The average Bonchev–Trinajstić information content (AvgIpc) is 2.47. The van der Waals surface area contributed by atoms with Gasteiger partial charge in [-0.3, -0.25) is 4.79 Å². The van der Waals surface area contributed by atoms with Gasteiger partial charge in [-0.15, -0.1) is 0 Å². The van der Waals surface area contributed by atoms with E-state index in [1.165, 1.54) is 12.1 Å². The molecule has 21 heavy (non-hydrogen) atoms. The summed E-state index contributed by atoms with van der Waals surface area (Å²) in [5, 5.41) is 8.66. The van der Waals surface area contributed by atoms with Crippen molar-refractivity contribution in [1.82, 2.24) is 4.90 Å². The van der Waals surface area contributed by atoms with Gasteiger partial charge in [-0.1, -0.05) is 11.8 Å². The summed E-state index contributed by atoms with van der Waals surface area (Å²) in [5.74, 6) is 6.48. The van der Waals surface area contributed by atoms with Gasteiger partial charge in [-0.2, -0.15) is 11.8 Å². The molecule has 1 saturated heterocycles. The number of carbonyl (C=O) groups is 1. The van der Waals surface area contributed by atoms with Crippen molar-refractivity contribution in [1.29, 1.82) is 0 Å². The Morgan fingerprint density at radius 1 is 1.57 bits per heavy atom. The Bertz CT molecular complexity index is 579. The van der Waals surface area contributed by atoms with E-state index >= 15 is 0 Å². The highest BCUT2D eigenvalue weighted by Gasteiger charge is 2.26. The Morgan fingerprint density at radius 3 is 3.05 bits per heavy atom. The molecule has 1 aromatic rings. The van der Waals surface area contributed by atoms with Crippen LogP contribution in [0.1, 0.15) is 29.3 Å². The lowest BCUT2D eigenvalue weighted by molar-refractivity contribution is 0.0711. The SMILES string of the molecule is CC1CSCCN1C(=O)c1ccc(C#CCCO)cc1F. The van der Waals surface area contributed by atoms with Gasteiger partial charge in [0.2, 0.25) is 0 Å². The minimum atomic E-state index is -0.541. The molecule has 1 aliphatic heterocycles. The zero-order chi connectivity index (χ0) is 15.2. The van der Waals surface area contributed by atoms with Gasteiger partial charge in [0.25, 0.3) is 5.91 Å². The van der Waals surface area contributed by atoms with Crippen LogP contribution in [-0.2, 0) is 0 Å². The maximum Gasteiger partial charge on any atom is 0.257 e. The molecule has 1 fully saturated rings. The molecular weight excluding hydrogens is 289 g/mol. The number of nitrogens with zero attached hydrogens (tertiary/aromatic N) is 1. The van der Waals surface area contributed by atoms with Crippen LogP contribution in [0.15, 0.2) is 18.2 Å². The Morgan fingerprint density at radius 2 is 2.38 bits per heavy atom. The van der Waals surface area contributed by atoms with Gasteiger partial charge in [0.15, 0.2) is 0 Å². The number of aliphatic hydroxyl groups excluding tert-OH is 1. The van der Waals surface area contributed by atoms with Crippen LogP contribution in [0.5, 0.6) is 0 Å². The van der Waals surface area contributed by atoms with E-state index in [1.807, 2.05) is 18.7 Å². The lowest BCUT2D eigenvalue weighted by Crippen LogP contribution is -2.44. The van der Waals surface area contributed by atoms with Crippen molar-refractivity contribution in [2.24, 2.45) is 0 Å². The Kier molecular flexibility index (Phi) is 5.66. The molecule has 1 amide bonds. The predicted molar refractivity (Wildman–Crippen MR) is 82.8 cm³/mol. The first-order chi connectivity index (χ1) is 10.1. The molecule has 2 rings (SSSR count). The number of halogens is 1. The largest absolute Gasteiger partial charge is 0.395 e. The minimum absolute atomic E-state index is 0.0170. The number of aliphatic hydroxyl groups is 1. The normalized spacial score (nSPS) is 18.0. The molecule has 0 aliphatic carbocycles. The summed E-state index contributed by atoms with van der Waals surface area (Å²) in [5.41, 5.74) is 0.612. The fraction of sp³-hybridized carbons (Fsp3) is 0.438. The van der Waals surface area contributed by atoms with Crippen LogP contribution in [-0.4, -0.2) is 46.6 Å². The number of rotatable bonds is 2. The number of carbonyl (C=O) groups excluding carboxylic acids is 1. The first-order valence-electron chi connectivity index (χ1n) is 6.91. The second kappa shape index (κ2) is 7.48. The highest BCUT2D eigenvalue weighted by molar-refractivity contribution is 7.99. The van der Waals surface area contributed by atoms with Crippen LogP contribution >= 0.6 is 11.8 Å². The van der Waals surface area contributed by atoms with Crippen molar-refractivity contribution >= 4 is 17.7 Å². The molecule has 5 heteroatoms. The lowest BCUT2D eigenvalue weighted by Gasteiger charge is -2.33. The van der Waals surface area contributed by atoms with Crippen LogP contribution in [0.3, 0.4) is 0 Å². The number of benzene rings is 1. The van der Waals surface area contributed by atoms with Crippen molar-refractivity contribution < 1.29 is 14.3 Å². The van der Waals surface area contributed by atoms with Crippen LogP contribution in [0.4, 0.5) is 4.39 Å². The van der Waals surface area contributed by atoms with Crippen LogP contribution < -0.4 is 0 Å². The maximum atomic E-state index is 14.1. The molecule has 112 valence electrons. The smallest absolute Gasteiger partial charge is 0.257 e. The second-order valence-electron chi connectivity index (χ2n) is 4.89. The molecule has 3 nitrogen and oxygen atoms in total. The number of amides is 1. The van der Waals surface area contributed by atoms with E-state index < -0.39 is 5.82 Å². The molecule has 1 heterocycles. The first-order valence-corrected chi connectivity index (χ1v) is 8.07. The quantitative estimate of drug-likeness (QED) is 0.851. The van der Waals surface area contributed by atoms with Gasteiger partial charge in [0.1, 0.15) is 5.82 Å². The maximum absolute atomic E-state index is 14.1. The molecule has 1 aliphatic rings. The molecule has 0 spiro atoms. The fourth-order valence-electron chi connectivity index (χ4n) is 2.17. The van der Waals surface area contributed by atoms with Crippen LogP contribution in [0.2, 0.25) is 0 Å². The number of thioether (sulfide) groups is 1. The third-order valence-corrected chi connectivity index (χ3v) is 4.49. The number of hydrogen-bond donors (Lipinski definition) is 1. The second-order valence-corrected chi connectivity index (χ2v) is 6.04. The molecule has 0 aromatic heterocycles. The molecule has 0 bridgehead atoms. The number of hydrogen-bond acceptors (Lipinski definition) is 3. The van der Waals surface area contributed by atoms with Gasteiger partial charge in [0.05, 0.1) is 12.2 Å². The third-order valence-electron chi connectivity index (χ3n) is 3.30. The van der Waals surface area contributed by atoms with E-state index in [-0.39, 0.29) is 24.1 Å². The summed E-state index contributed by atoms with van der Waals surface area (Å²) in [4.78, 5) is 14.1. The molecular formula is C16H18FNO2S. The Balaban J connectivity index is 2.17. The first kappa shape index (κ1) is 15.9. The van der Waals surface area contributed by atoms with E-state index in [0.717, 1.165) is 11.5 Å². The standard InChI is InChI=1S/C16H18FNO2S/c1-12-11-21-9-7-18(12)16(20)14-6-5-13(10-15(14)17)4-2-3-8-19/h5-6,10,12,19H,3,7-9,11H2,1H3. The minimum Gasteiger partial charge on any atom is -0.395 e. The summed E-state index contributed by atoms with van der Waals surface area (Å²) >= 11 is 1.81. The molecule has 0 radical (unpaired) electrons. The molecule has 1 N–H and O–H groups in total. The molecule has 1 unspecified atom stereocenters. The van der Waals surface area contributed by atoms with E-state index in [2.05, 4.69) is 11.8 Å². The van der Waals surface area contributed by atoms with Crippen molar-refractivity contribution in [3.8, 4) is 11.8 Å². The Labute approximate surface area is 128 Å². The Hall–Kier alpha value is -1.51. The van der Waals surface area contributed by atoms with Crippen LogP contribution in [0.25, 0.3) is 0 Å². The van der Waals surface area contributed by atoms with Crippen molar-refractivity contribution in [2.45, 2.75) is 19.4 Å². The summed E-state index contributed by atoms with van der Waals surface area (Å²) < 4.78 is 14.1. The molecule has 1 atom stereocenters. The highest BCUT2D eigenvalue weighted by atomic mass is 32.2. The van der Waals surface area contributed by atoms with Gasteiger partial charge in [-0.25, -0.2) is 4.39 Å². The van der Waals surface area contributed by atoms with Crippen LogP contribution in [0, 0.1) is 17.7 Å². The van der Waals surface area contributed by atoms with E-state index in [4.69, 9.17) is 5.11 Å².